The molecule has 41 heavy (non-hydrogen) atoms. The topological polar surface area (TPSA) is 124 Å². The molecule has 2 aromatic heterocycles. The van der Waals surface area contributed by atoms with Crippen LogP contribution in [0.25, 0.3) is 16.6 Å². The Hall–Kier alpha value is -3.28. The van der Waals surface area contributed by atoms with Crippen LogP contribution in [-0.4, -0.2) is 77.0 Å². The maximum Gasteiger partial charge on any atom is 0.222 e. The third kappa shape index (κ3) is 6.97. The quantitative estimate of drug-likeness (QED) is 0.299. The molecule has 0 radical (unpaired) electrons. The van der Waals surface area contributed by atoms with Crippen molar-refractivity contribution >= 4 is 28.4 Å². The Labute approximate surface area is 240 Å². The van der Waals surface area contributed by atoms with Crippen molar-refractivity contribution in [2.24, 2.45) is 0 Å². The molecule has 2 aliphatic rings. The number of aliphatic hydroxyl groups excluding tert-OH is 1. The number of aliphatic hydroxyl groups is 1. The monoisotopic (exact) mass is 567 g/mol. The van der Waals surface area contributed by atoms with Gasteiger partial charge in [-0.25, -0.2) is 9.37 Å². The Morgan fingerprint density at radius 3 is 2.73 bits per heavy atom. The van der Waals surface area contributed by atoms with Gasteiger partial charge in [-0.05, 0) is 61.8 Å². The van der Waals surface area contributed by atoms with Crippen molar-refractivity contribution in [2.45, 2.75) is 70.5 Å². The minimum Gasteiger partial charge on any atom is -0.496 e. The number of ether oxygens (including phenoxy) is 2. The molecule has 1 aliphatic carbocycles. The van der Waals surface area contributed by atoms with Crippen LogP contribution in [0.1, 0.15) is 63.0 Å². The number of methoxy groups -OCH3 is 1. The minimum absolute atomic E-state index is 0.0197. The van der Waals surface area contributed by atoms with Crippen molar-refractivity contribution in [1.82, 2.24) is 25.1 Å². The molecule has 0 spiro atoms. The number of nitrogen functional groups attached to an aromatic ring is 1. The molecule has 3 aromatic rings. The van der Waals surface area contributed by atoms with Gasteiger partial charge in [0.2, 0.25) is 5.95 Å². The summed E-state index contributed by atoms with van der Waals surface area (Å²) in [5, 5.41) is 18.1. The summed E-state index contributed by atoms with van der Waals surface area (Å²) in [5.74, 6) is 0.854. The van der Waals surface area contributed by atoms with Crippen LogP contribution in [-0.2, 0) is 11.3 Å². The Bertz CT molecular complexity index is 1360. The maximum atomic E-state index is 15.6. The van der Waals surface area contributed by atoms with E-state index in [2.05, 4.69) is 28.3 Å². The molecule has 10 nitrogen and oxygen atoms in total. The standard InChI is InChI=1S/C30H42FN7O3/c1-3-4-11-37(12-13-39)29-28-26(34-30(32)35-29)19-38(36-28)18-24-25(31)16-21(17-27(24)40-2)20-5-7-22(8-6-20)33-23-9-14-41-15-10-23/h5,16-17,19,22-23,33,39H,3-4,6-15,18H2,1-2H3,(H2,32,34). The minimum atomic E-state index is -0.335. The number of nitrogens with two attached hydrogens (primary N) is 1. The summed E-state index contributed by atoms with van der Waals surface area (Å²) in [6.45, 7) is 5.02. The van der Waals surface area contributed by atoms with Crippen LogP contribution in [0.15, 0.2) is 24.4 Å². The number of unbranched alkanes of at least 4 members (excludes halogenated alkanes) is 1. The average Bonchev–Trinajstić information content (AvgIpc) is 3.39. The molecule has 1 fully saturated rings. The van der Waals surface area contributed by atoms with Gasteiger partial charge in [-0.2, -0.15) is 10.1 Å². The molecule has 222 valence electrons. The number of allylic oxidation sites excluding steroid dienone is 1. The van der Waals surface area contributed by atoms with Crippen LogP contribution in [0.5, 0.6) is 5.75 Å². The predicted octanol–water partition coefficient (Wildman–Crippen LogP) is 3.91. The second-order valence-corrected chi connectivity index (χ2v) is 10.9. The highest BCUT2D eigenvalue weighted by Crippen LogP contribution is 2.34. The molecule has 4 N–H and O–H groups in total. The molecule has 1 saturated heterocycles. The van der Waals surface area contributed by atoms with E-state index in [9.17, 15) is 5.11 Å². The molecular weight excluding hydrogens is 525 g/mol. The fourth-order valence-corrected chi connectivity index (χ4v) is 5.80. The molecule has 0 bridgehead atoms. The van der Waals surface area contributed by atoms with Crippen molar-refractivity contribution < 1.29 is 19.0 Å². The van der Waals surface area contributed by atoms with Gasteiger partial charge in [0, 0.05) is 38.4 Å². The first kappa shape index (κ1) is 29.2. The van der Waals surface area contributed by atoms with Crippen molar-refractivity contribution in [3.05, 3.63) is 41.3 Å². The highest BCUT2D eigenvalue weighted by molar-refractivity contribution is 5.86. The summed E-state index contributed by atoms with van der Waals surface area (Å²) in [6, 6.07) is 4.50. The van der Waals surface area contributed by atoms with Gasteiger partial charge in [0.25, 0.3) is 0 Å². The van der Waals surface area contributed by atoms with Crippen LogP contribution >= 0.6 is 0 Å². The number of benzene rings is 1. The molecule has 11 heteroatoms. The predicted molar refractivity (Wildman–Crippen MR) is 159 cm³/mol. The first-order chi connectivity index (χ1) is 20.0. The van der Waals surface area contributed by atoms with Crippen LogP contribution in [0, 0.1) is 5.82 Å². The Morgan fingerprint density at radius 1 is 1.20 bits per heavy atom. The first-order valence-electron chi connectivity index (χ1n) is 14.7. The fourth-order valence-electron chi connectivity index (χ4n) is 5.80. The normalized spacial score (nSPS) is 18.0. The van der Waals surface area contributed by atoms with Gasteiger partial charge in [0.15, 0.2) is 11.3 Å². The summed E-state index contributed by atoms with van der Waals surface area (Å²) in [6.07, 6.45) is 10.9. The fraction of sp³-hybridized carbons (Fsp3) is 0.567. The zero-order valence-electron chi connectivity index (χ0n) is 24.1. The molecular formula is C30H42FN7O3. The smallest absolute Gasteiger partial charge is 0.222 e. The van der Waals surface area contributed by atoms with E-state index >= 15 is 4.39 Å². The van der Waals surface area contributed by atoms with Gasteiger partial charge in [0.1, 0.15) is 17.1 Å². The molecule has 3 heterocycles. The van der Waals surface area contributed by atoms with Crippen LogP contribution in [0.3, 0.4) is 0 Å². The Morgan fingerprint density at radius 2 is 2.02 bits per heavy atom. The lowest BCUT2D eigenvalue weighted by molar-refractivity contribution is 0.0745. The van der Waals surface area contributed by atoms with E-state index in [-0.39, 0.29) is 24.9 Å². The van der Waals surface area contributed by atoms with Crippen molar-refractivity contribution in [3.63, 3.8) is 0 Å². The van der Waals surface area contributed by atoms with Crippen molar-refractivity contribution in [2.75, 3.05) is 50.7 Å². The second-order valence-electron chi connectivity index (χ2n) is 10.9. The zero-order valence-corrected chi connectivity index (χ0v) is 24.1. The van der Waals surface area contributed by atoms with Gasteiger partial charge in [0.05, 0.1) is 32.0 Å². The van der Waals surface area contributed by atoms with E-state index in [1.807, 2.05) is 11.0 Å². The average molecular weight is 568 g/mol. The van der Waals surface area contributed by atoms with Crippen LogP contribution in [0.2, 0.25) is 0 Å². The van der Waals surface area contributed by atoms with Gasteiger partial charge in [-0.15, -0.1) is 0 Å². The number of fused-ring (bicyclic) bond motifs is 1. The maximum absolute atomic E-state index is 15.6. The van der Waals surface area contributed by atoms with Crippen molar-refractivity contribution in [1.29, 1.82) is 0 Å². The lowest BCUT2D eigenvalue weighted by Gasteiger charge is -2.30. The number of hydrogen-bond acceptors (Lipinski definition) is 9. The first-order valence-corrected chi connectivity index (χ1v) is 14.7. The third-order valence-electron chi connectivity index (χ3n) is 8.03. The van der Waals surface area contributed by atoms with Crippen LogP contribution < -0.4 is 20.7 Å². The van der Waals surface area contributed by atoms with Gasteiger partial charge in [-0.1, -0.05) is 19.4 Å². The van der Waals surface area contributed by atoms with E-state index < -0.39 is 0 Å². The number of hydrogen-bond donors (Lipinski definition) is 3. The number of nitrogens with zero attached hydrogens (tertiary/aromatic N) is 5. The zero-order chi connectivity index (χ0) is 28.8. The van der Waals surface area contributed by atoms with Crippen molar-refractivity contribution in [3.8, 4) is 5.75 Å². The number of anilines is 2. The Balaban J connectivity index is 1.35. The molecule has 0 saturated carbocycles. The number of nitrogens with one attached hydrogen (secondary N) is 1. The SMILES string of the molecule is CCCCN(CCO)c1nc(N)nc2cn(Cc3c(F)cc(C4=CCC(NC5CCOCC5)CC4)cc3OC)nc12. The molecule has 0 amide bonds. The largest absolute Gasteiger partial charge is 0.496 e. The Kier molecular flexibility index (Phi) is 9.68. The number of rotatable bonds is 12. The highest BCUT2D eigenvalue weighted by Gasteiger charge is 2.23. The number of aromatic nitrogens is 4. The summed E-state index contributed by atoms with van der Waals surface area (Å²) < 4.78 is 28.4. The van der Waals surface area contributed by atoms with Gasteiger partial charge < -0.3 is 30.5 Å². The van der Waals surface area contributed by atoms with E-state index in [4.69, 9.17) is 20.3 Å². The summed E-state index contributed by atoms with van der Waals surface area (Å²) in [7, 11) is 1.56. The van der Waals surface area contributed by atoms with E-state index in [0.717, 1.165) is 69.3 Å². The van der Waals surface area contributed by atoms with Gasteiger partial charge in [-0.3, -0.25) is 4.68 Å². The van der Waals surface area contributed by atoms with E-state index in [1.54, 1.807) is 24.1 Å². The molecule has 1 atom stereocenters. The van der Waals surface area contributed by atoms with Gasteiger partial charge >= 0.3 is 0 Å². The lowest BCUT2D eigenvalue weighted by Crippen LogP contribution is -2.42. The third-order valence-corrected chi connectivity index (χ3v) is 8.03. The van der Waals surface area contributed by atoms with E-state index in [1.165, 1.54) is 0 Å². The summed E-state index contributed by atoms with van der Waals surface area (Å²) in [5.41, 5.74) is 9.57. The molecule has 5 rings (SSSR count). The molecule has 1 unspecified atom stereocenters. The lowest BCUT2D eigenvalue weighted by atomic mass is 9.89. The summed E-state index contributed by atoms with van der Waals surface area (Å²) in [4.78, 5) is 10.8. The molecule has 1 aromatic carbocycles. The highest BCUT2D eigenvalue weighted by atomic mass is 19.1. The summed E-state index contributed by atoms with van der Waals surface area (Å²) >= 11 is 0. The number of halogens is 1. The van der Waals surface area contributed by atoms with Crippen LogP contribution in [0.4, 0.5) is 16.2 Å². The molecule has 1 aliphatic heterocycles. The van der Waals surface area contributed by atoms with E-state index in [0.29, 0.717) is 53.3 Å². The second kappa shape index (κ2) is 13.6.